The van der Waals surface area contributed by atoms with Gasteiger partial charge in [0.05, 0.1) is 0 Å². The molecule has 1 atom stereocenters. The maximum Gasteiger partial charge on any atom is 0.306 e. The second-order valence-electron chi connectivity index (χ2n) is 24.2. The van der Waals surface area contributed by atoms with Gasteiger partial charge in [-0.15, -0.1) is 0 Å². The number of esters is 3. The summed E-state index contributed by atoms with van der Waals surface area (Å²) in [4.78, 5) is 38.3. The summed E-state index contributed by atoms with van der Waals surface area (Å²) in [5.41, 5.74) is 0. The molecule has 0 radical (unpaired) electrons. The Kier molecular flexibility index (Phi) is 55.9. The van der Waals surface area contributed by atoms with Crippen molar-refractivity contribution in [2.24, 2.45) is 17.8 Å². The van der Waals surface area contributed by atoms with Crippen molar-refractivity contribution in [1.82, 2.24) is 0 Å². The molecule has 0 amide bonds. The van der Waals surface area contributed by atoms with Gasteiger partial charge in [-0.1, -0.05) is 330 Å². The minimum Gasteiger partial charge on any atom is -0.462 e. The van der Waals surface area contributed by atoms with Gasteiger partial charge < -0.3 is 14.2 Å². The van der Waals surface area contributed by atoms with Crippen LogP contribution in [0.15, 0.2) is 0 Å². The fourth-order valence-corrected chi connectivity index (χ4v) is 10.2. The molecule has 72 heavy (non-hydrogen) atoms. The molecule has 0 saturated carbocycles. The van der Waals surface area contributed by atoms with E-state index in [1.807, 2.05) is 0 Å². The molecule has 0 bridgehead atoms. The minimum atomic E-state index is -0.765. The SMILES string of the molecule is CC(C)CCCCCCCCCCCCCCCCCCCCC(=O)O[C@@H](COC(=O)CCCCCCCCCCCCCCCCC(C)C)COC(=O)CCCCCCCCCCCCCCCC(C)C. The molecule has 6 heteroatoms. The summed E-state index contributed by atoms with van der Waals surface area (Å²) in [7, 11) is 0. The van der Waals surface area contributed by atoms with Crippen LogP contribution in [0.2, 0.25) is 0 Å². The Morgan fingerprint density at radius 2 is 0.403 bits per heavy atom. The number of ether oxygens (including phenoxy) is 3. The summed E-state index contributed by atoms with van der Waals surface area (Å²) in [6.07, 6.45) is 62.5. The van der Waals surface area contributed by atoms with Crippen LogP contribution in [0.3, 0.4) is 0 Å². The van der Waals surface area contributed by atoms with E-state index in [1.165, 1.54) is 250 Å². The molecule has 0 heterocycles. The van der Waals surface area contributed by atoms with E-state index in [0.29, 0.717) is 19.3 Å². The van der Waals surface area contributed by atoms with Gasteiger partial charge in [-0.25, -0.2) is 0 Å². The molecule has 0 aliphatic rings. The lowest BCUT2D eigenvalue weighted by molar-refractivity contribution is -0.167. The summed E-state index contributed by atoms with van der Waals surface area (Å²) in [6, 6.07) is 0. The van der Waals surface area contributed by atoms with E-state index in [2.05, 4.69) is 41.5 Å². The molecule has 0 aromatic carbocycles. The molecule has 0 aromatic rings. The predicted molar refractivity (Wildman–Crippen MR) is 312 cm³/mol. The third-order valence-electron chi connectivity index (χ3n) is 15.1. The van der Waals surface area contributed by atoms with Crippen LogP contribution in [0.1, 0.15) is 369 Å². The van der Waals surface area contributed by atoms with Gasteiger partial charge in [0.15, 0.2) is 6.10 Å². The van der Waals surface area contributed by atoms with E-state index in [-0.39, 0.29) is 31.1 Å². The molecule has 0 spiro atoms. The number of carbonyl (C=O) groups is 3. The summed E-state index contributed by atoms with van der Waals surface area (Å²) in [6.45, 7) is 13.8. The van der Waals surface area contributed by atoms with Gasteiger partial charge in [-0.2, -0.15) is 0 Å². The lowest BCUT2D eigenvalue weighted by Crippen LogP contribution is -2.30. The fourth-order valence-electron chi connectivity index (χ4n) is 10.2. The molecule has 0 aliphatic carbocycles. The first kappa shape index (κ1) is 70.4. The molecular weight excluding hydrogens is 889 g/mol. The zero-order valence-electron chi connectivity index (χ0n) is 49.7. The number of hydrogen-bond acceptors (Lipinski definition) is 6. The van der Waals surface area contributed by atoms with E-state index in [4.69, 9.17) is 14.2 Å². The van der Waals surface area contributed by atoms with Crippen molar-refractivity contribution < 1.29 is 28.6 Å². The normalized spacial score (nSPS) is 12.1. The minimum absolute atomic E-state index is 0.0624. The van der Waals surface area contributed by atoms with E-state index < -0.39 is 6.10 Å². The Morgan fingerprint density at radius 1 is 0.236 bits per heavy atom. The summed E-state index contributed by atoms with van der Waals surface area (Å²) < 4.78 is 17.0. The first-order valence-electron chi connectivity index (χ1n) is 32.6. The van der Waals surface area contributed by atoms with E-state index in [1.54, 1.807) is 0 Å². The largest absolute Gasteiger partial charge is 0.462 e. The van der Waals surface area contributed by atoms with Gasteiger partial charge in [0, 0.05) is 19.3 Å². The van der Waals surface area contributed by atoms with Gasteiger partial charge >= 0.3 is 17.9 Å². The highest BCUT2D eigenvalue weighted by Crippen LogP contribution is 2.19. The quantitative estimate of drug-likeness (QED) is 0.0343. The van der Waals surface area contributed by atoms with Crippen molar-refractivity contribution in [2.75, 3.05) is 13.2 Å². The highest BCUT2D eigenvalue weighted by Gasteiger charge is 2.19. The number of hydrogen-bond donors (Lipinski definition) is 0. The van der Waals surface area contributed by atoms with Crippen LogP contribution in [0.5, 0.6) is 0 Å². The van der Waals surface area contributed by atoms with Crippen molar-refractivity contribution in [1.29, 1.82) is 0 Å². The van der Waals surface area contributed by atoms with Crippen molar-refractivity contribution in [2.45, 2.75) is 375 Å². The zero-order chi connectivity index (χ0) is 52.6. The standard InChI is InChI=1S/C66H128O6/c1-60(2)52-46-40-34-28-22-16-11-9-7-8-10-12-20-27-33-39-45-51-57-66(69)72-63(59-71-65(68)56-50-44-38-32-26-21-15-18-24-30-36-42-48-54-62(5)6)58-70-64(67)55-49-43-37-31-25-19-14-13-17-23-29-35-41-47-53-61(3)4/h60-63H,7-59H2,1-6H3/t63-/m0/s1. The Labute approximate surface area is 450 Å². The fraction of sp³-hybridized carbons (Fsp3) is 0.955. The lowest BCUT2D eigenvalue weighted by Gasteiger charge is -2.18. The van der Waals surface area contributed by atoms with Crippen LogP contribution < -0.4 is 0 Å². The zero-order valence-corrected chi connectivity index (χ0v) is 49.7. The van der Waals surface area contributed by atoms with Gasteiger partial charge in [-0.3, -0.25) is 14.4 Å². The molecule has 0 N–H and O–H groups in total. The van der Waals surface area contributed by atoms with Gasteiger partial charge in [-0.05, 0) is 37.0 Å². The average Bonchev–Trinajstić information content (AvgIpc) is 3.34. The second-order valence-corrected chi connectivity index (χ2v) is 24.2. The maximum atomic E-state index is 12.9. The molecule has 0 aromatic heterocycles. The van der Waals surface area contributed by atoms with Crippen LogP contribution in [0, 0.1) is 17.8 Å². The van der Waals surface area contributed by atoms with E-state index >= 15 is 0 Å². The highest BCUT2D eigenvalue weighted by molar-refractivity contribution is 5.71. The first-order valence-corrected chi connectivity index (χ1v) is 32.6. The van der Waals surface area contributed by atoms with Crippen LogP contribution in [0.4, 0.5) is 0 Å². The van der Waals surface area contributed by atoms with E-state index in [9.17, 15) is 14.4 Å². The maximum absolute atomic E-state index is 12.9. The van der Waals surface area contributed by atoms with Gasteiger partial charge in [0.2, 0.25) is 0 Å². The topological polar surface area (TPSA) is 78.9 Å². The molecule has 0 aliphatic heterocycles. The third kappa shape index (κ3) is 59.3. The van der Waals surface area contributed by atoms with Gasteiger partial charge in [0.25, 0.3) is 0 Å². The summed E-state index contributed by atoms with van der Waals surface area (Å²) >= 11 is 0. The first-order chi connectivity index (χ1) is 35.1. The van der Waals surface area contributed by atoms with E-state index in [0.717, 1.165) is 75.5 Å². The van der Waals surface area contributed by atoms with Crippen molar-refractivity contribution >= 4 is 17.9 Å². The Hall–Kier alpha value is -1.59. The molecule has 0 rings (SSSR count). The number of rotatable bonds is 59. The van der Waals surface area contributed by atoms with Crippen molar-refractivity contribution in [3.05, 3.63) is 0 Å². The van der Waals surface area contributed by atoms with Gasteiger partial charge in [0.1, 0.15) is 13.2 Å². The van der Waals surface area contributed by atoms with Crippen LogP contribution in [-0.4, -0.2) is 37.2 Å². The molecule has 6 nitrogen and oxygen atoms in total. The van der Waals surface area contributed by atoms with Crippen molar-refractivity contribution in [3.63, 3.8) is 0 Å². The molecular formula is C66H128O6. The lowest BCUT2D eigenvalue weighted by atomic mass is 10.0. The Bertz CT molecular complexity index is 1120. The summed E-state index contributed by atoms with van der Waals surface area (Å²) in [5, 5.41) is 0. The molecule has 0 unspecified atom stereocenters. The number of carbonyl (C=O) groups excluding carboxylic acids is 3. The van der Waals surface area contributed by atoms with Crippen LogP contribution in [0.25, 0.3) is 0 Å². The smallest absolute Gasteiger partial charge is 0.306 e. The molecule has 428 valence electrons. The highest BCUT2D eigenvalue weighted by atomic mass is 16.6. The summed E-state index contributed by atoms with van der Waals surface area (Å²) in [5.74, 6) is 1.71. The number of unbranched alkanes of at least 4 members (excludes halogenated alkanes) is 42. The molecule has 0 saturated heterocycles. The third-order valence-corrected chi connectivity index (χ3v) is 15.1. The predicted octanol–water partition coefficient (Wildman–Crippen LogP) is 21.8. The van der Waals surface area contributed by atoms with Crippen molar-refractivity contribution in [3.8, 4) is 0 Å². The monoisotopic (exact) mass is 1020 g/mol. The average molecular weight is 1020 g/mol. The van der Waals surface area contributed by atoms with Crippen LogP contribution >= 0.6 is 0 Å². The Balaban J connectivity index is 4.28. The van der Waals surface area contributed by atoms with Crippen LogP contribution in [-0.2, 0) is 28.6 Å². The second kappa shape index (κ2) is 57.1. The molecule has 0 fully saturated rings. The Morgan fingerprint density at radius 3 is 0.597 bits per heavy atom.